The average Bonchev–Trinajstić information content (AvgIpc) is 2.66. The lowest BCUT2D eigenvalue weighted by molar-refractivity contribution is -0.119. The van der Waals surface area contributed by atoms with Crippen molar-refractivity contribution in [1.29, 1.82) is 0 Å². The van der Waals surface area contributed by atoms with E-state index in [1.165, 1.54) is 18.3 Å². The number of carbonyl (C=O) groups is 2. The van der Waals surface area contributed by atoms with Crippen LogP contribution in [0, 0.1) is 0 Å². The minimum atomic E-state index is -0.577. The molecule has 1 N–H and O–H groups in total. The van der Waals surface area contributed by atoms with Crippen molar-refractivity contribution in [2.75, 3.05) is 0 Å². The Labute approximate surface area is 111 Å². The summed E-state index contributed by atoms with van der Waals surface area (Å²) in [4.78, 5) is 28.0. The number of ether oxygens (including phenoxy) is 1. The van der Waals surface area contributed by atoms with Gasteiger partial charge in [0.05, 0.1) is 11.6 Å². The molecule has 0 aliphatic rings. The first kappa shape index (κ1) is 14.6. The van der Waals surface area contributed by atoms with Gasteiger partial charge in [-0.2, -0.15) is 0 Å². The van der Waals surface area contributed by atoms with Gasteiger partial charge in [0.1, 0.15) is 5.60 Å². The maximum atomic E-state index is 11.6. The van der Waals surface area contributed by atoms with Crippen LogP contribution in [-0.4, -0.2) is 28.5 Å². The van der Waals surface area contributed by atoms with Crippen LogP contribution in [-0.2, 0) is 16.0 Å². The monoisotopic (exact) mass is 270 g/mol. The van der Waals surface area contributed by atoms with E-state index in [1.807, 2.05) is 0 Å². The number of Topliss-reactive ketones (excluding diaryl/α,β-unsaturated/α-hetero) is 1. The number of nitrogens with zero attached hydrogens (tertiary/aromatic N) is 1. The molecule has 1 aromatic rings. The predicted octanol–water partition coefficient (Wildman–Crippen LogP) is 2.17. The lowest BCUT2D eigenvalue weighted by Crippen LogP contribution is -2.43. The molecule has 1 heterocycles. The van der Waals surface area contributed by atoms with Gasteiger partial charge in [-0.3, -0.25) is 9.78 Å². The van der Waals surface area contributed by atoms with Gasteiger partial charge in [0, 0.05) is 17.5 Å². The average molecular weight is 270 g/mol. The number of alkyl carbamates (subject to hydrolysis) is 1. The Bertz CT molecular complexity index is 409. The van der Waals surface area contributed by atoms with Crippen LogP contribution in [0.5, 0.6) is 0 Å². The largest absolute Gasteiger partial charge is 0.444 e. The zero-order valence-electron chi connectivity index (χ0n) is 11.0. The van der Waals surface area contributed by atoms with Crippen LogP contribution >= 0.6 is 11.3 Å². The number of rotatable bonds is 4. The quantitative estimate of drug-likeness (QED) is 0.910. The molecule has 0 spiro atoms. The summed E-state index contributed by atoms with van der Waals surface area (Å²) in [5.74, 6) is -0.103. The Hall–Kier alpha value is -1.43. The molecule has 0 fully saturated rings. The summed E-state index contributed by atoms with van der Waals surface area (Å²) >= 11 is 1.45. The predicted molar refractivity (Wildman–Crippen MR) is 69.7 cm³/mol. The van der Waals surface area contributed by atoms with Gasteiger partial charge in [-0.1, -0.05) is 0 Å². The van der Waals surface area contributed by atoms with Crippen molar-refractivity contribution in [3.8, 4) is 0 Å². The van der Waals surface area contributed by atoms with Crippen molar-refractivity contribution >= 4 is 23.2 Å². The van der Waals surface area contributed by atoms with E-state index in [0.717, 1.165) is 4.88 Å². The maximum Gasteiger partial charge on any atom is 0.408 e. The van der Waals surface area contributed by atoms with Crippen LogP contribution in [0.4, 0.5) is 4.79 Å². The summed E-state index contributed by atoms with van der Waals surface area (Å²) in [6.45, 7) is 6.78. The van der Waals surface area contributed by atoms with Gasteiger partial charge in [0.15, 0.2) is 5.78 Å². The van der Waals surface area contributed by atoms with Crippen LogP contribution in [0.2, 0.25) is 0 Å². The Morgan fingerprint density at radius 3 is 2.61 bits per heavy atom. The molecule has 1 unspecified atom stereocenters. The van der Waals surface area contributed by atoms with E-state index in [-0.39, 0.29) is 5.78 Å². The normalized spacial score (nSPS) is 12.9. The van der Waals surface area contributed by atoms with Crippen LogP contribution in [0.3, 0.4) is 0 Å². The molecular formula is C12H18N2O3S. The smallest absolute Gasteiger partial charge is 0.408 e. The van der Waals surface area contributed by atoms with E-state index in [0.29, 0.717) is 6.42 Å². The van der Waals surface area contributed by atoms with Crippen LogP contribution < -0.4 is 5.32 Å². The third-order valence-electron chi connectivity index (χ3n) is 2.07. The van der Waals surface area contributed by atoms with Gasteiger partial charge >= 0.3 is 6.09 Å². The molecule has 0 bridgehead atoms. The number of hydrogen-bond acceptors (Lipinski definition) is 5. The summed E-state index contributed by atoms with van der Waals surface area (Å²) in [6, 6.07) is -0.569. The molecule has 1 rings (SSSR count). The highest BCUT2D eigenvalue weighted by molar-refractivity contribution is 7.09. The molecule has 100 valence electrons. The molecule has 0 radical (unpaired) electrons. The highest BCUT2D eigenvalue weighted by atomic mass is 32.1. The first-order valence-corrected chi connectivity index (χ1v) is 6.53. The lowest BCUT2D eigenvalue weighted by atomic mass is 10.1. The third-order valence-corrected chi connectivity index (χ3v) is 2.87. The highest BCUT2D eigenvalue weighted by Crippen LogP contribution is 2.11. The van der Waals surface area contributed by atoms with Crippen molar-refractivity contribution in [1.82, 2.24) is 10.3 Å². The fraction of sp³-hybridized carbons (Fsp3) is 0.583. The molecule has 0 aliphatic carbocycles. The SMILES string of the molecule is CC(=O)C(Cc1cncs1)NC(=O)OC(C)(C)C. The molecule has 1 amide bonds. The van der Waals surface area contributed by atoms with Gasteiger partial charge in [-0.05, 0) is 27.7 Å². The number of thiazole rings is 1. The van der Waals surface area contributed by atoms with Gasteiger partial charge in [0.2, 0.25) is 0 Å². The van der Waals surface area contributed by atoms with Crippen LogP contribution in [0.25, 0.3) is 0 Å². The number of carbonyl (C=O) groups excluding carboxylic acids is 2. The first-order valence-electron chi connectivity index (χ1n) is 5.65. The van der Waals surface area contributed by atoms with Crippen molar-refractivity contribution in [2.24, 2.45) is 0 Å². The summed E-state index contributed by atoms with van der Waals surface area (Å²) in [6.07, 6.45) is 1.56. The zero-order chi connectivity index (χ0) is 13.8. The second-order valence-corrected chi connectivity index (χ2v) is 5.95. The standard InChI is InChI=1S/C12H18N2O3S/c1-8(15)10(5-9-6-13-7-18-9)14-11(16)17-12(2,3)4/h6-7,10H,5H2,1-4H3,(H,14,16). The first-order chi connectivity index (χ1) is 8.28. The Morgan fingerprint density at radius 2 is 2.17 bits per heavy atom. The second kappa shape index (κ2) is 5.95. The minimum Gasteiger partial charge on any atom is -0.444 e. The Morgan fingerprint density at radius 1 is 1.50 bits per heavy atom. The number of aromatic nitrogens is 1. The van der Waals surface area contributed by atoms with Crippen LogP contribution in [0.1, 0.15) is 32.6 Å². The lowest BCUT2D eigenvalue weighted by Gasteiger charge is -2.22. The topological polar surface area (TPSA) is 68.3 Å². The number of hydrogen-bond donors (Lipinski definition) is 1. The van der Waals surface area contributed by atoms with E-state index in [9.17, 15) is 9.59 Å². The fourth-order valence-corrected chi connectivity index (χ4v) is 1.93. The molecule has 1 atom stereocenters. The Kier molecular flexibility index (Phi) is 4.84. The third kappa shape index (κ3) is 5.27. The van der Waals surface area contributed by atoms with Gasteiger partial charge in [-0.15, -0.1) is 11.3 Å². The Balaban J connectivity index is 2.58. The van der Waals surface area contributed by atoms with Gasteiger partial charge in [-0.25, -0.2) is 4.79 Å². The van der Waals surface area contributed by atoms with Crippen molar-refractivity contribution < 1.29 is 14.3 Å². The van der Waals surface area contributed by atoms with Crippen molar-refractivity contribution in [3.63, 3.8) is 0 Å². The van der Waals surface area contributed by atoms with Gasteiger partial charge < -0.3 is 10.1 Å². The summed E-state index contributed by atoms with van der Waals surface area (Å²) in [5, 5.41) is 2.58. The van der Waals surface area contributed by atoms with Crippen molar-refractivity contribution in [3.05, 3.63) is 16.6 Å². The highest BCUT2D eigenvalue weighted by Gasteiger charge is 2.22. The fourth-order valence-electron chi connectivity index (χ4n) is 1.29. The van der Waals surface area contributed by atoms with E-state index >= 15 is 0 Å². The van der Waals surface area contributed by atoms with E-state index in [4.69, 9.17) is 4.74 Å². The maximum absolute atomic E-state index is 11.6. The molecule has 0 aromatic carbocycles. The molecule has 0 saturated heterocycles. The molecule has 6 heteroatoms. The van der Waals surface area contributed by atoms with E-state index in [2.05, 4.69) is 10.3 Å². The summed E-state index contributed by atoms with van der Waals surface area (Å²) < 4.78 is 5.12. The summed E-state index contributed by atoms with van der Waals surface area (Å²) in [5.41, 5.74) is 1.12. The van der Waals surface area contributed by atoms with Crippen molar-refractivity contribution in [2.45, 2.75) is 45.8 Å². The molecule has 0 saturated carbocycles. The molecule has 1 aromatic heterocycles. The van der Waals surface area contributed by atoms with Gasteiger partial charge in [0.25, 0.3) is 0 Å². The minimum absolute atomic E-state index is 0.103. The zero-order valence-corrected chi connectivity index (χ0v) is 11.8. The summed E-state index contributed by atoms with van der Waals surface area (Å²) in [7, 11) is 0. The molecule has 18 heavy (non-hydrogen) atoms. The number of ketones is 1. The second-order valence-electron chi connectivity index (χ2n) is 4.98. The molecule has 0 aliphatic heterocycles. The van der Waals surface area contributed by atoms with E-state index < -0.39 is 17.7 Å². The molecular weight excluding hydrogens is 252 g/mol. The van der Waals surface area contributed by atoms with Crippen LogP contribution in [0.15, 0.2) is 11.7 Å². The number of amides is 1. The van der Waals surface area contributed by atoms with E-state index in [1.54, 1.807) is 32.5 Å². The number of nitrogens with one attached hydrogen (secondary N) is 1. The molecule has 5 nitrogen and oxygen atoms in total.